The number of primary amides is 1. The first-order valence-electron chi connectivity index (χ1n) is 8.34. The number of nitrogens with two attached hydrogens (primary N) is 2. The third kappa shape index (κ3) is 4.10. The molecule has 2 amide bonds. The Labute approximate surface area is 170 Å². The highest BCUT2D eigenvalue weighted by Crippen LogP contribution is 2.39. The van der Waals surface area contributed by atoms with Crippen molar-refractivity contribution in [2.24, 2.45) is 10.9 Å². The van der Waals surface area contributed by atoms with Crippen molar-refractivity contribution in [2.75, 3.05) is 7.11 Å². The Morgan fingerprint density at radius 1 is 1.30 bits per heavy atom. The molecule has 5 N–H and O–H groups in total. The van der Waals surface area contributed by atoms with Crippen LogP contribution in [0.15, 0.2) is 51.9 Å². The number of sulfonamides is 1. The Morgan fingerprint density at radius 3 is 2.60 bits per heavy atom. The number of urea groups is 1. The number of halogens is 1. The number of nitrogens with zero attached hydrogens (tertiary/aromatic N) is 2. The molecule has 10 nitrogen and oxygen atoms in total. The van der Waals surface area contributed by atoms with E-state index in [2.05, 4.69) is 5.16 Å². The number of carbonyl (C=O) groups is 1. The summed E-state index contributed by atoms with van der Waals surface area (Å²) in [6.45, 7) is -0.546. The van der Waals surface area contributed by atoms with Crippen LogP contribution in [0.1, 0.15) is 5.76 Å². The van der Waals surface area contributed by atoms with Crippen LogP contribution in [-0.4, -0.2) is 37.0 Å². The number of aromatic nitrogens is 1. The lowest BCUT2D eigenvalue weighted by Gasteiger charge is -2.13. The van der Waals surface area contributed by atoms with E-state index >= 15 is 0 Å². The monoisotopic (exact) mass is 436 g/mol. The summed E-state index contributed by atoms with van der Waals surface area (Å²) in [6, 6.07) is 8.50. The fourth-order valence-electron chi connectivity index (χ4n) is 2.86. The van der Waals surface area contributed by atoms with Crippen LogP contribution in [-0.2, 0) is 16.6 Å². The first kappa shape index (κ1) is 21.2. The van der Waals surface area contributed by atoms with E-state index in [-0.39, 0.29) is 43.9 Å². The van der Waals surface area contributed by atoms with Crippen LogP contribution in [0.25, 0.3) is 22.4 Å². The molecule has 3 aromatic rings. The normalized spacial score (nSPS) is 11.3. The molecule has 3 rings (SSSR count). The lowest BCUT2D eigenvalue weighted by atomic mass is 9.98. The highest BCUT2D eigenvalue weighted by atomic mass is 32.2. The number of carbonyl (C=O) groups excluding carboxylic acids is 1. The molecule has 158 valence electrons. The Hall–Kier alpha value is -3.48. The topological polar surface area (TPSA) is 162 Å². The summed E-state index contributed by atoms with van der Waals surface area (Å²) in [5, 5.41) is 19.1. The van der Waals surface area contributed by atoms with Crippen LogP contribution in [0.5, 0.6) is 5.75 Å². The molecule has 0 fully saturated rings. The number of amides is 2. The lowest BCUT2D eigenvalue weighted by Crippen LogP contribution is -2.32. The molecule has 0 aliphatic rings. The lowest BCUT2D eigenvalue weighted by molar-refractivity contribution is -0.0521. The molecule has 12 heteroatoms. The van der Waals surface area contributed by atoms with Gasteiger partial charge in [0.25, 0.3) is 0 Å². The summed E-state index contributed by atoms with van der Waals surface area (Å²) in [6.07, 6.45) is 0. The van der Waals surface area contributed by atoms with Gasteiger partial charge in [0.2, 0.25) is 10.0 Å². The molecule has 0 saturated heterocycles. The molecular weight excluding hydrogens is 419 g/mol. The number of hydrogen-bond donors (Lipinski definition) is 3. The second-order valence-electron chi connectivity index (χ2n) is 6.12. The summed E-state index contributed by atoms with van der Waals surface area (Å²) >= 11 is 0. The van der Waals surface area contributed by atoms with Gasteiger partial charge in [-0.2, -0.15) is 5.06 Å². The zero-order chi connectivity index (χ0) is 22.1. The van der Waals surface area contributed by atoms with Gasteiger partial charge in [-0.05, 0) is 24.3 Å². The van der Waals surface area contributed by atoms with Crippen molar-refractivity contribution in [3.05, 3.63) is 54.0 Å². The molecular formula is C18H17FN4O6S. The molecule has 0 radical (unpaired) electrons. The fraction of sp³-hybridized carbons (Fsp3) is 0.111. The second kappa shape index (κ2) is 8.10. The predicted molar refractivity (Wildman–Crippen MR) is 102 cm³/mol. The number of hydroxylamine groups is 2. The fourth-order valence-corrected chi connectivity index (χ4v) is 3.60. The molecule has 0 aliphatic heterocycles. The Kier molecular flexibility index (Phi) is 5.73. The molecule has 0 spiro atoms. The quantitative estimate of drug-likeness (QED) is 0.393. The van der Waals surface area contributed by atoms with Gasteiger partial charge in [0.05, 0.1) is 17.6 Å². The summed E-state index contributed by atoms with van der Waals surface area (Å²) in [7, 11) is -2.86. The van der Waals surface area contributed by atoms with Gasteiger partial charge < -0.3 is 15.0 Å². The number of primary sulfonamides is 1. The Morgan fingerprint density at radius 2 is 2.00 bits per heavy atom. The van der Waals surface area contributed by atoms with Crippen LogP contribution in [0.4, 0.5) is 9.18 Å². The number of methoxy groups -OCH3 is 1. The average Bonchev–Trinajstić information content (AvgIpc) is 3.10. The van der Waals surface area contributed by atoms with Gasteiger partial charge in [0.1, 0.15) is 12.2 Å². The number of benzene rings is 2. The van der Waals surface area contributed by atoms with Gasteiger partial charge in [0.15, 0.2) is 17.3 Å². The van der Waals surface area contributed by atoms with Crippen LogP contribution >= 0.6 is 0 Å². The van der Waals surface area contributed by atoms with Gasteiger partial charge >= 0.3 is 6.03 Å². The van der Waals surface area contributed by atoms with Crippen molar-refractivity contribution in [3.8, 4) is 28.1 Å². The highest BCUT2D eigenvalue weighted by molar-refractivity contribution is 7.89. The van der Waals surface area contributed by atoms with Crippen molar-refractivity contribution in [2.45, 2.75) is 11.4 Å². The number of ether oxygens (including phenoxy) is 1. The van der Waals surface area contributed by atoms with E-state index in [1.54, 1.807) is 6.07 Å². The maximum atomic E-state index is 14.3. The van der Waals surface area contributed by atoms with E-state index in [4.69, 9.17) is 20.1 Å². The molecule has 2 aromatic carbocycles. The molecule has 0 unspecified atom stereocenters. The van der Waals surface area contributed by atoms with E-state index in [9.17, 15) is 22.8 Å². The van der Waals surface area contributed by atoms with Gasteiger partial charge in [-0.15, -0.1) is 0 Å². The molecule has 0 atom stereocenters. The molecule has 0 saturated carbocycles. The van der Waals surface area contributed by atoms with Crippen LogP contribution in [0.2, 0.25) is 0 Å². The number of hydrogen-bond acceptors (Lipinski definition) is 7. The SMILES string of the molecule is COc1ccc(-c2noc(CN(O)C(N)=O)c2-c2ccccc2S(N)(=O)=O)cc1F. The molecule has 0 bridgehead atoms. The van der Waals surface area contributed by atoms with E-state index in [0.717, 1.165) is 6.07 Å². The predicted octanol–water partition coefficient (Wildman–Crippen LogP) is 2.07. The zero-order valence-electron chi connectivity index (χ0n) is 15.6. The van der Waals surface area contributed by atoms with Gasteiger partial charge in [-0.25, -0.2) is 22.7 Å². The second-order valence-corrected chi connectivity index (χ2v) is 7.65. The molecule has 1 aromatic heterocycles. The van der Waals surface area contributed by atoms with Crippen LogP contribution in [0, 0.1) is 5.82 Å². The summed E-state index contributed by atoms with van der Waals surface area (Å²) < 4.78 is 48.6. The third-order valence-corrected chi connectivity index (χ3v) is 5.17. The standard InChI is InChI=1S/C18H17FN4O6S/c1-28-13-7-6-10(8-12(13)19)17-16(14(29-22-17)9-23(25)18(20)24)11-4-2-3-5-15(11)30(21,26)27/h2-8,25H,9H2,1H3,(H2,20,24)(H2,21,26,27). The van der Waals surface area contributed by atoms with Gasteiger partial charge in [-0.1, -0.05) is 23.4 Å². The summed E-state index contributed by atoms with van der Waals surface area (Å²) in [5.74, 6) is -0.797. The van der Waals surface area contributed by atoms with E-state index in [1.165, 1.54) is 37.4 Å². The maximum Gasteiger partial charge on any atom is 0.338 e. The van der Waals surface area contributed by atoms with Gasteiger partial charge in [0, 0.05) is 11.1 Å². The first-order chi connectivity index (χ1) is 14.1. The van der Waals surface area contributed by atoms with Gasteiger partial charge in [-0.3, -0.25) is 5.21 Å². The third-order valence-electron chi connectivity index (χ3n) is 4.20. The largest absolute Gasteiger partial charge is 0.494 e. The minimum atomic E-state index is -4.17. The van der Waals surface area contributed by atoms with Crippen LogP contribution in [0.3, 0.4) is 0 Å². The minimum absolute atomic E-state index is 0.00998. The van der Waals surface area contributed by atoms with Crippen molar-refractivity contribution in [1.29, 1.82) is 0 Å². The summed E-state index contributed by atoms with van der Waals surface area (Å²) in [4.78, 5) is 11.0. The first-order valence-corrected chi connectivity index (χ1v) is 9.88. The highest BCUT2D eigenvalue weighted by Gasteiger charge is 2.27. The Bertz CT molecular complexity index is 1210. The average molecular weight is 436 g/mol. The van der Waals surface area contributed by atoms with Crippen LogP contribution < -0.4 is 15.6 Å². The summed E-state index contributed by atoms with van der Waals surface area (Å²) in [5.41, 5.74) is 5.49. The molecule has 0 aliphatic carbocycles. The van der Waals surface area contributed by atoms with E-state index < -0.39 is 28.4 Å². The van der Waals surface area contributed by atoms with Crippen molar-refractivity contribution in [1.82, 2.24) is 10.2 Å². The van der Waals surface area contributed by atoms with E-state index in [0.29, 0.717) is 0 Å². The minimum Gasteiger partial charge on any atom is -0.494 e. The van der Waals surface area contributed by atoms with Crippen molar-refractivity contribution in [3.63, 3.8) is 0 Å². The molecule has 30 heavy (non-hydrogen) atoms. The molecule has 1 heterocycles. The zero-order valence-corrected chi connectivity index (χ0v) is 16.4. The van der Waals surface area contributed by atoms with Crippen molar-refractivity contribution < 1.29 is 32.1 Å². The maximum absolute atomic E-state index is 14.3. The smallest absolute Gasteiger partial charge is 0.338 e. The Balaban J connectivity index is 2.28. The number of rotatable bonds is 6. The van der Waals surface area contributed by atoms with Crippen molar-refractivity contribution >= 4 is 16.1 Å². The van der Waals surface area contributed by atoms with E-state index in [1.807, 2.05) is 0 Å².